The van der Waals surface area contributed by atoms with Gasteiger partial charge in [0.05, 0.1) is 7.11 Å². The lowest BCUT2D eigenvalue weighted by Gasteiger charge is -2.36. The molecule has 1 fully saturated rings. The summed E-state index contributed by atoms with van der Waals surface area (Å²) >= 11 is 0. The average Bonchev–Trinajstić information content (AvgIpc) is 2.78. The highest BCUT2D eigenvalue weighted by Crippen LogP contribution is 2.25. The molecular weight excluding hydrogens is 382 g/mol. The van der Waals surface area contributed by atoms with Crippen molar-refractivity contribution in [1.29, 1.82) is 0 Å². The highest BCUT2D eigenvalue weighted by atomic mass is 19.3. The molecule has 1 aliphatic rings. The molecule has 3 nitrogen and oxygen atoms in total. The van der Waals surface area contributed by atoms with E-state index in [1.165, 1.54) is 36.5 Å². The van der Waals surface area contributed by atoms with Crippen LogP contribution in [0.25, 0.3) is 0 Å². The largest absolute Gasteiger partial charge is 0.496 e. The van der Waals surface area contributed by atoms with E-state index in [9.17, 15) is 8.78 Å². The number of unbranched alkanes of at least 4 members (excludes halogenated alkanes) is 2. The van der Waals surface area contributed by atoms with Crippen molar-refractivity contribution in [3.63, 3.8) is 0 Å². The van der Waals surface area contributed by atoms with Gasteiger partial charge in [0, 0.05) is 44.0 Å². The Balaban J connectivity index is 1.51. The second kappa shape index (κ2) is 11.3. The van der Waals surface area contributed by atoms with E-state index in [1.807, 2.05) is 6.07 Å². The Labute approximate surface area is 179 Å². The molecule has 0 saturated carbocycles. The van der Waals surface area contributed by atoms with Gasteiger partial charge in [-0.25, -0.2) is 8.78 Å². The number of hydrogen-bond donors (Lipinski definition) is 0. The molecule has 2 aromatic rings. The third-order valence-electron chi connectivity index (χ3n) is 5.97. The molecule has 2 aromatic carbocycles. The Hall–Kier alpha value is -2.14. The fourth-order valence-electron chi connectivity index (χ4n) is 4.12. The fourth-order valence-corrected chi connectivity index (χ4v) is 4.12. The van der Waals surface area contributed by atoms with Crippen LogP contribution in [0.2, 0.25) is 0 Å². The van der Waals surface area contributed by atoms with Crippen molar-refractivity contribution in [3.8, 4) is 5.75 Å². The summed E-state index contributed by atoms with van der Waals surface area (Å²) in [6, 6.07) is 13.4. The average molecular weight is 417 g/mol. The van der Waals surface area contributed by atoms with Crippen LogP contribution in [-0.2, 0) is 12.8 Å². The zero-order valence-corrected chi connectivity index (χ0v) is 18.2. The van der Waals surface area contributed by atoms with E-state index in [2.05, 4.69) is 34.9 Å². The molecule has 0 spiro atoms. The number of benzene rings is 2. The number of ether oxygens (including phenoxy) is 1. The highest BCUT2D eigenvalue weighted by Gasteiger charge is 2.18. The van der Waals surface area contributed by atoms with E-state index in [0.29, 0.717) is 0 Å². The molecule has 164 valence electrons. The van der Waals surface area contributed by atoms with Crippen molar-refractivity contribution in [2.24, 2.45) is 0 Å². The van der Waals surface area contributed by atoms with Crippen molar-refractivity contribution in [2.45, 2.75) is 45.5 Å². The maximum Gasteiger partial charge on any atom is 0.263 e. The summed E-state index contributed by atoms with van der Waals surface area (Å²) in [4.78, 5) is 4.68. The fraction of sp³-hybridized carbons (Fsp3) is 0.520. The minimum Gasteiger partial charge on any atom is -0.496 e. The number of piperazine rings is 1. The van der Waals surface area contributed by atoms with Gasteiger partial charge < -0.3 is 9.64 Å². The van der Waals surface area contributed by atoms with Crippen LogP contribution in [0.1, 0.15) is 49.3 Å². The maximum atomic E-state index is 13.0. The maximum absolute atomic E-state index is 13.0. The predicted octanol–water partition coefficient (Wildman–Crippen LogP) is 5.73. The lowest BCUT2D eigenvalue weighted by molar-refractivity contribution is 0.151. The first kappa shape index (κ1) is 22.5. The third kappa shape index (κ3) is 6.18. The molecule has 0 bridgehead atoms. The Kier molecular flexibility index (Phi) is 8.50. The Morgan fingerprint density at radius 2 is 1.77 bits per heavy atom. The Morgan fingerprint density at radius 3 is 2.47 bits per heavy atom. The van der Waals surface area contributed by atoms with Gasteiger partial charge in [-0.1, -0.05) is 44.0 Å². The van der Waals surface area contributed by atoms with Gasteiger partial charge in [-0.3, -0.25) is 4.90 Å². The van der Waals surface area contributed by atoms with Gasteiger partial charge in [-0.15, -0.1) is 0 Å². The second-order valence-electron chi connectivity index (χ2n) is 8.08. The van der Waals surface area contributed by atoms with Crippen molar-refractivity contribution in [3.05, 3.63) is 59.2 Å². The van der Waals surface area contributed by atoms with Crippen LogP contribution in [0.15, 0.2) is 42.5 Å². The van der Waals surface area contributed by atoms with Crippen LogP contribution in [0.3, 0.4) is 0 Å². The van der Waals surface area contributed by atoms with Crippen LogP contribution < -0.4 is 9.64 Å². The van der Waals surface area contributed by atoms with Gasteiger partial charge in [-0.05, 0) is 48.6 Å². The molecule has 0 N–H and O–H groups in total. The van der Waals surface area contributed by atoms with Gasteiger partial charge in [0.25, 0.3) is 6.43 Å². The Morgan fingerprint density at radius 1 is 0.967 bits per heavy atom. The molecule has 1 aliphatic heterocycles. The van der Waals surface area contributed by atoms with Gasteiger partial charge in [0.2, 0.25) is 0 Å². The lowest BCUT2D eigenvalue weighted by atomic mass is 10.0. The van der Waals surface area contributed by atoms with Crippen LogP contribution in [0.4, 0.5) is 14.5 Å². The van der Waals surface area contributed by atoms with E-state index >= 15 is 0 Å². The van der Waals surface area contributed by atoms with E-state index in [-0.39, 0.29) is 5.56 Å². The van der Waals surface area contributed by atoms with Gasteiger partial charge >= 0.3 is 0 Å². The SMILES string of the molecule is CCCCCc1cc(CCN2CCN(c3cccc(C(F)F)c3)CC2)ccc1OC. The van der Waals surface area contributed by atoms with Crippen molar-refractivity contribution < 1.29 is 13.5 Å². The number of methoxy groups -OCH3 is 1. The number of rotatable bonds is 10. The quantitative estimate of drug-likeness (QED) is 0.460. The highest BCUT2D eigenvalue weighted by molar-refractivity contribution is 5.49. The summed E-state index contributed by atoms with van der Waals surface area (Å²) in [6.45, 7) is 6.90. The first-order chi connectivity index (χ1) is 14.6. The number of nitrogens with zero attached hydrogens (tertiary/aromatic N) is 2. The lowest BCUT2D eigenvalue weighted by Crippen LogP contribution is -2.47. The molecule has 0 amide bonds. The normalized spacial score (nSPS) is 15.0. The molecule has 3 rings (SSSR count). The number of aryl methyl sites for hydroxylation is 1. The van der Waals surface area contributed by atoms with Crippen LogP contribution >= 0.6 is 0 Å². The van der Waals surface area contributed by atoms with E-state index < -0.39 is 6.43 Å². The van der Waals surface area contributed by atoms with E-state index in [1.54, 1.807) is 19.2 Å². The molecule has 30 heavy (non-hydrogen) atoms. The zero-order chi connectivity index (χ0) is 21.3. The summed E-state index contributed by atoms with van der Waals surface area (Å²) in [5, 5.41) is 0. The van der Waals surface area contributed by atoms with Crippen LogP contribution in [0, 0.1) is 0 Å². The van der Waals surface area contributed by atoms with Gasteiger partial charge in [0.1, 0.15) is 5.75 Å². The smallest absolute Gasteiger partial charge is 0.263 e. The standard InChI is InChI=1S/C25H34F2N2O/c1-3-4-5-7-21-18-20(10-11-24(21)30-2)12-13-28-14-16-29(17-15-28)23-9-6-8-22(19-23)25(26)27/h6,8-11,18-19,25H,3-5,7,12-17H2,1-2H3. The summed E-state index contributed by atoms with van der Waals surface area (Å²) in [5.41, 5.74) is 3.67. The first-order valence-electron chi connectivity index (χ1n) is 11.1. The molecule has 1 saturated heterocycles. The molecule has 5 heteroatoms. The zero-order valence-electron chi connectivity index (χ0n) is 18.2. The summed E-state index contributed by atoms with van der Waals surface area (Å²) in [7, 11) is 1.74. The molecular formula is C25H34F2N2O. The number of hydrogen-bond acceptors (Lipinski definition) is 3. The van der Waals surface area contributed by atoms with E-state index in [4.69, 9.17) is 4.74 Å². The summed E-state index contributed by atoms with van der Waals surface area (Å²) in [6.07, 6.45) is 3.35. The van der Waals surface area contributed by atoms with Gasteiger partial charge in [-0.2, -0.15) is 0 Å². The molecule has 0 unspecified atom stereocenters. The predicted molar refractivity (Wildman–Crippen MR) is 120 cm³/mol. The second-order valence-corrected chi connectivity index (χ2v) is 8.08. The summed E-state index contributed by atoms with van der Waals surface area (Å²) in [5.74, 6) is 0.995. The monoisotopic (exact) mass is 416 g/mol. The summed E-state index contributed by atoms with van der Waals surface area (Å²) < 4.78 is 31.5. The van der Waals surface area contributed by atoms with Crippen molar-refractivity contribution >= 4 is 5.69 Å². The number of halogens is 2. The van der Waals surface area contributed by atoms with Crippen molar-refractivity contribution in [2.75, 3.05) is 44.7 Å². The molecule has 0 aliphatic carbocycles. The molecule has 0 atom stereocenters. The molecule has 1 heterocycles. The van der Waals surface area contributed by atoms with Crippen LogP contribution in [0.5, 0.6) is 5.75 Å². The van der Waals surface area contributed by atoms with Crippen LogP contribution in [-0.4, -0.2) is 44.7 Å². The van der Waals surface area contributed by atoms with Crippen molar-refractivity contribution in [1.82, 2.24) is 4.90 Å². The topological polar surface area (TPSA) is 15.7 Å². The van der Waals surface area contributed by atoms with Gasteiger partial charge in [0.15, 0.2) is 0 Å². The first-order valence-corrected chi connectivity index (χ1v) is 11.1. The minimum atomic E-state index is -2.41. The number of alkyl halides is 2. The van der Waals surface area contributed by atoms with E-state index in [0.717, 1.165) is 57.0 Å². The Bertz CT molecular complexity index is 788. The molecule has 0 aromatic heterocycles. The number of anilines is 1. The molecule has 0 radical (unpaired) electrons. The third-order valence-corrected chi connectivity index (χ3v) is 5.97. The minimum absolute atomic E-state index is 0.101.